The van der Waals surface area contributed by atoms with Gasteiger partial charge in [-0.3, -0.25) is 87.6 Å². The van der Waals surface area contributed by atoms with Gasteiger partial charge in [0, 0.05) is 64.0 Å². The number of aliphatic carboxylic acids is 1. The number of unbranched alkanes of at least 4 members (excludes halogenated alkanes) is 1. The molecule has 1 fully saturated rings. The van der Waals surface area contributed by atoms with Crippen LogP contribution in [0.5, 0.6) is 5.75 Å². The molecule has 131 heavy (non-hydrogen) atoms. The first-order valence-electron chi connectivity index (χ1n) is 43.7. The minimum Gasteiger partial charge on any atom is -0.480 e. The Morgan fingerprint density at radius 3 is 1.44 bits per heavy atom. The number of ether oxygens (including phenoxy) is 13. The summed E-state index contributed by atoms with van der Waals surface area (Å²) in [7, 11) is 0. The van der Waals surface area contributed by atoms with E-state index in [1.165, 1.54) is 31.2 Å². The van der Waals surface area contributed by atoms with Gasteiger partial charge in [-0.2, -0.15) is 0 Å². The van der Waals surface area contributed by atoms with Crippen molar-refractivity contribution in [3.63, 3.8) is 0 Å². The smallest absolute Gasteiger partial charge is 0.480 e. The summed E-state index contributed by atoms with van der Waals surface area (Å²) in [5, 5.41) is 39.8. The average molecular weight is 1860 g/mol. The third-order valence-corrected chi connectivity index (χ3v) is 17.7. The molecule has 45 heteroatoms. The molecule has 738 valence electrons. The number of nitrogens with one attached hydrogen (secondary N) is 12. The van der Waals surface area contributed by atoms with Crippen LogP contribution in [-0.2, 0) is 130 Å². The number of amides is 14. The predicted molar refractivity (Wildman–Crippen MR) is 468 cm³/mol. The molecule has 7 atom stereocenters. The van der Waals surface area contributed by atoms with Gasteiger partial charge in [0.05, 0.1) is 119 Å². The second-order valence-corrected chi connectivity index (χ2v) is 34.4. The fraction of sp³-hybridized carbons (Fsp3) is 0.698. The number of benzene rings is 1. The Morgan fingerprint density at radius 1 is 0.473 bits per heavy atom. The van der Waals surface area contributed by atoms with Crippen molar-refractivity contribution >= 4 is 107 Å². The maximum absolute atomic E-state index is 14.8. The fourth-order valence-electron chi connectivity index (χ4n) is 11.5. The summed E-state index contributed by atoms with van der Waals surface area (Å²) < 4.78 is 71.2. The number of carbonyl (C=O) groups excluding carboxylic acids is 16. The van der Waals surface area contributed by atoms with Crippen LogP contribution in [-0.4, -0.2) is 320 Å². The van der Waals surface area contributed by atoms with Gasteiger partial charge in [0.25, 0.3) is 11.8 Å². The maximum atomic E-state index is 14.8. The highest BCUT2D eigenvalue weighted by Crippen LogP contribution is 2.20. The molecule has 0 radical (unpaired) electrons. The van der Waals surface area contributed by atoms with Gasteiger partial charge >= 0.3 is 30.3 Å². The first kappa shape index (κ1) is 114. The number of nitrogens with zero attached hydrogens (tertiary/aromatic N) is 2. The van der Waals surface area contributed by atoms with E-state index < -0.39 is 179 Å². The predicted octanol–water partition coefficient (Wildman–Crippen LogP) is 1.16. The van der Waals surface area contributed by atoms with Gasteiger partial charge in [0.15, 0.2) is 0 Å². The molecule has 0 spiro atoms. The molecule has 0 aliphatic carbocycles. The summed E-state index contributed by atoms with van der Waals surface area (Å²) in [5.74, 6) is -11.6. The lowest BCUT2D eigenvalue weighted by Crippen LogP contribution is -2.58. The molecule has 1 saturated heterocycles. The topological polar surface area (TPSA) is 590 Å². The zero-order valence-corrected chi connectivity index (χ0v) is 78.0. The molecule has 0 unspecified atom stereocenters. The van der Waals surface area contributed by atoms with Gasteiger partial charge in [-0.25, -0.2) is 14.4 Å². The zero-order valence-electron chi connectivity index (χ0n) is 78.0. The van der Waals surface area contributed by atoms with E-state index in [0.717, 1.165) is 17.1 Å². The van der Waals surface area contributed by atoms with Crippen molar-refractivity contribution in [1.82, 2.24) is 68.7 Å². The number of esters is 1. The third kappa shape index (κ3) is 54.4. The van der Waals surface area contributed by atoms with Crippen LogP contribution in [0.1, 0.15) is 180 Å². The van der Waals surface area contributed by atoms with E-state index in [1.807, 2.05) is 0 Å². The first-order valence-corrected chi connectivity index (χ1v) is 43.7. The molecule has 0 aromatic heterocycles. The molecule has 2 aliphatic rings. The SMILES string of the molecule is CC(C)[C@H](NC(=O)[C@H](CCC(=O)NCCOCCOCCOCCOCCOCCOCCOCCOCCC(=O)NCCCC[C@@H]1NC(=O)[C@@H](Cc2ccc(OC(=O)OC(C)(C)C)cc2)NC(=O)[C@H](CC(=O)OC(C)(C)C)NC(=O)CNC(=O)[C@H](CCCN=C(NC(=O)OC(C)(C)C)NC(=O)OC(C)(C)C)NC1=O)NC(=O)CCCN1C(=O)C=CC1=O)C(=O)N[C@@H](C)C(=O)O. The lowest BCUT2D eigenvalue weighted by molar-refractivity contribution is -0.156. The second kappa shape index (κ2) is 60.8. The van der Waals surface area contributed by atoms with Crippen molar-refractivity contribution in [3.05, 3.63) is 42.0 Å². The molecule has 2 heterocycles. The number of imide groups is 1. The van der Waals surface area contributed by atoms with Crippen LogP contribution < -0.4 is 68.5 Å². The van der Waals surface area contributed by atoms with E-state index in [2.05, 4.69) is 68.8 Å². The minimum atomic E-state index is -1.68. The van der Waals surface area contributed by atoms with Crippen LogP contribution in [0.25, 0.3) is 0 Å². The Bertz CT molecular complexity index is 3860. The van der Waals surface area contributed by atoms with Crippen LogP contribution in [0.3, 0.4) is 0 Å². The Balaban J connectivity index is 1.42. The van der Waals surface area contributed by atoms with Crippen molar-refractivity contribution < 1.29 is 148 Å². The van der Waals surface area contributed by atoms with E-state index in [4.69, 9.17) is 61.6 Å². The average Bonchev–Trinajstić information content (AvgIpc) is 1.54. The lowest BCUT2D eigenvalue weighted by atomic mass is 10.0. The van der Waals surface area contributed by atoms with Gasteiger partial charge in [-0.1, -0.05) is 26.0 Å². The largest absolute Gasteiger partial charge is 0.514 e. The number of hydrogen-bond donors (Lipinski definition) is 13. The van der Waals surface area contributed by atoms with E-state index in [9.17, 15) is 86.6 Å². The van der Waals surface area contributed by atoms with Crippen LogP contribution >= 0.6 is 0 Å². The van der Waals surface area contributed by atoms with Crippen molar-refractivity contribution in [2.75, 3.05) is 138 Å². The molecular formula is C86H138N14O31. The van der Waals surface area contributed by atoms with Gasteiger partial charge in [-0.15, -0.1) is 0 Å². The summed E-state index contributed by atoms with van der Waals surface area (Å²) in [6.45, 7) is 27.4. The number of carbonyl (C=O) groups is 17. The zero-order chi connectivity index (χ0) is 97.7. The Labute approximate surface area is 763 Å². The quantitative estimate of drug-likeness (QED) is 0.00827. The molecule has 0 bridgehead atoms. The van der Waals surface area contributed by atoms with Crippen LogP contribution in [0.4, 0.5) is 14.4 Å². The first-order chi connectivity index (χ1) is 61.7. The molecule has 45 nitrogen and oxygen atoms in total. The Kier molecular flexibility index (Phi) is 52.9. The van der Waals surface area contributed by atoms with Crippen LogP contribution in [0.15, 0.2) is 41.4 Å². The van der Waals surface area contributed by atoms with Crippen molar-refractivity contribution in [2.24, 2.45) is 10.9 Å². The number of guanidine groups is 1. The molecule has 1 aromatic carbocycles. The normalized spacial score (nSPS) is 16.5. The van der Waals surface area contributed by atoms with Gasteiger partial charge in [0.1, 0.15) is 70.4 Å². The lowest BCUT2D eigenvalue weighted by Gasteiger charge is -2.26. The standard InChI is InChI=1S/C86H138N14O31/c1-55(2)71(77(113)91-56(3)78(114)115)97-74(110)61(92-66(103)22-19-35-100-68(105)29-30-69(100)106)27-28-64(101)88-34-37-120-39-41-122-43-45-124-47-49-126-51-50-125-48-46-123-44-42-121-40-38-119-36-31-65(102)87-32-17-16-20-60-73(109)94-59(21-18-33-89-79(98-80(116)129-84(7,8)9)99-81(117)130-85(10,11)12)72(108)90-54-67(104)93-63(53-70(107)128-83(4,5)6)76(112)96-62(75(111)95-60)52-57-23-25-58(26-24-57)127-82(118)131-86(13,14)15/h23-26,29-30,55-56,59-63,71H,16-22,27-28,31-54H2,1-15H3,(H,87,102)(H,88,101)(H,90,108)(H,91,113)(H,92,103)(H,93,104)(H,94,109)(H,95,111)(H,96,112)(H,97,110)(H,114,115)(H2,89,98,99,116,117)/t56-,59-,60-,61-,62+,63-,71-/m0/s1. The van der Waals surface area contributed by atoms with Gasteiger partial charge in [0.2, 0.25) is 65.0 Å². The van der Waals surface area contributed by atoms with E-state index in [0.29, 0.717) is 51.8 Å². The fourth-order valence-corrected chi connectivity index (χ4v) is 11.5. The monoisotopic (exact) mass is 1860 g/mol. The number of hydrogen-bond acceptors (Lipinski definition) is 31. The Morgan fingerprint density at radius 2 is 0.931 bits per heavy atom. The van der Waals surface area contributed by atoms with E-state index >= 15 is 0 Å². The highest BCUT2D eigenvalue weighted by Gasteiger charge is 2.37. The highest BCUT2D eigenvalue weighted by atomic mass is 16.7. The highest BCUT2D eigenvalue weighted by molar-refractivity contribution is 6.13. The molecule has 13 N–H and O–H groups in total. The maximum Gasteiger partial charge on any atom is 0.514 e. The number of rotatable bonds is 55. The molecule has 2 aliphatic heterocycles. The van der Waals surface area contributed by atoms with Crippen LogP contribution in [0.2, 0.25) is 0 Å². The van der Waals surface area contributed by atoms with Crippen molar-refractivity contribution in [1.29, 1.82) is 0 Å². The molecule has 3 rings (SSSR count). The Hall–Kier alpha value is -11.1. The summed E-state index contributed by atoms with van der Waals surface area (Å²) >= 11 is 0. The van der Waals surface area contributed by atoms with Gasteiger partial charge < -0.3 is 120 Å². The molecule has 1 aromatic rings. The summed E-state index contributed by atoms with van der Waals surface area (Å²) in [5.41, 5.74) is -3.39. The van der Waals surface area contributed by atoms with Crippen LogP contribution in [0, 0.1) is 5.92 Å². The molecular weight excluding hydrogens is 1730 g/mol. The summed E-state index contributed by atoms with van der Waals surface area (Å²) in [6, 6.07) is -3.95. The summed E-state index contributed by atoms with van der Waals surface area (Å²) in [6.07, 6.45) is -2.01. The van der Waals surface area contributed by atoms with E-state index in [-0.39, 0.29) is 174 Å². The summed E-state index contributed by atoms with van der Waals surface area (Å²) in [4.78, 5) is 229. The molecule has 14 amide bonds. The third-order valence-electron chi connectivity index (χ3n) is 17.7. The number of alkyl carbamates (subject to hydrolysis) is 2. The minimum absolute atomic E-state index is 0.00145. The van der Waals surface area contributed by atoms with E-state index in [1.54, 1.807) is 96.9 Å². The van der Waals surface area contributed by atoms with Gasteiger partial charge in [-0.05, 0) is 159 Å². The number of carboxylic acids is 1. The number of carboxylic acid groups (broad SMARTS) is 1. The molecule has 0 saturated carbocycles. The second-order valence-electron chi connectivity index (χ2n) is 34.4. The van der Waals surface area contributed by atoms with Crippen molar-refractivity contribution in [2.45, 2.75) is 246 Å². The van der Waals surface area contributed by atoms with Crippen molar-refractivity contribution in [3.8, 4) is 5.75 Å². The number of aliphatic imine (C=N–C) groups is 1.